The minimum Gasteiger partial charge on any atom is -0.335 e. The minimum atomic E-state index is 0.627. The van der Waals surface area contributed by atoms with E-state index in [0.29, 0.717) is 11.6 Å². The molecule has 0 aromatic carbocycles. The molecule has 0 spiro atoms. The van der Waals surface area contributed by atoms with Crippen LogP contribution in [0.2, 0.25) is 0 Å². The molecular weight excluding hydrogens is 111 g/mol. The lowest BCUT2D eigenvalue weighted by Crippen LogP contribution is -2.00. The van der Waals surface area contributed by atoms with E-state index in [0.717, 1.165) is 0 Å². The van der Waals surface area contributed by atoms with Gasteiger partial charge in [-0.3, -0.25) is 4.98 Å². The molecule has 1 saturated carbocycles. The number of hydrogen-bond donors (Lipinski definition) is 0. The summed E-state index contributed by atoms with van der Waals surface area (Å²) in [6, 6.07) is 0.704. The van der Waals surface area contributed by atoms with Gasteiger partial charge in [-0.25, -0.2) is 0 Å². The number of nitrogens with zero attached hydrogens (tertiary/aromatic N) is 2. The van der Waals surface area contributed by atoms with Crippen LogP contribution in [-0.4, -0.2) is 17.4 Å². The van der Waals surface area contributed by atoms with Crippen molar-refractivity contribution < 1.29 is 0 Å². The molecule has 2 rings (SSSR count). The summed E-state index contributed by atoms with van der Waals surface area (Å²) in [6.45, 7) is 0. The van der Waals surface area contributed by atoms with Crippen LogP contribution in [0.4, 0.5) is 0 Å². The van der Waals surface area contributed by atoms with Crippen LogP contribution in [0, 0.1) is 0 Å². The molecule has 0 unspecified atom stereocenters. The second kappa shape index (κ2) is 1.63. The van der Waals surface area contributed by atoms with E-state index in [4.69, 9.17) is 7.85 Å². The van der Waals surface area contributed by atoms with Crippen molar-refractivity contribution in [1.82, 2.24) is 9.55 Å². The fourth-order valence-electron chi connectivity index (χ4n) is 0.925. The van der Waals surface area contributed by atoms with E-state index in [2.05, 4.69) is 9.55 Å². The first-order valence-corrected chi connectivity index (χ1v) is 3.15. The molecule has 1 aliphatic rings. The largest absolute Gasteiger partial charge is 0.335 e. The topological polar surface area (TPSA) is 17.8 Å². The lowest BCUT2D eigenvalue weighted by molar-refractivity contribution is 0.741. The third-order valence-corrected chi connectivity index (χ3v) is 1.59. The summed E-state index contributed by atoms with van der Waals surface area (Å²) in [5.41, 5.74) is 0.627. The number of aromatic nitrogens is 2. The SMILES string of the molecule is [B]c1cn(C2CC2)cn1. The van der Waals surface area contributed by atoms with Crippen molar-refractivity contribution in [2.24, 2.45) is 0 Å². The Morgan fingerprint density at radius 3 is 2.89 bits per heavy atom. The van der Waals surface area contributed by atoms with Crippen molar-refractivity contribution in [3.8, 4) is 0 Å². The average Bonchev–Trinajstić information content (AvgIpc) is 2.58. The van der Waals surface area contributed by atoms with Crippen LogP contribution in [0.1, 0.15) is 18.9 Å². The average molecular weight is 118 g/mol. The van der Waals surface area contributed by atoms with Gasteiger partial charge in [0.05, 0.1) is 6.33 Å². The van der Waals surface area contributed by atoms with Gasteiger partial charge in [0, 0.05) is 17.8 Å². The van der Waals surface area contributed by atoms with Crippen molar-refractivity contribution in [3.63, 3.8) is 0 Å². The summed E-state index contributed by atoms with van der Waals surface area (Å²) >= 11 is 0. The molecule has 0 amide bonds. The first-order valence-electron chi connectivity index (χ1n) is 3.15. The van der Waals surface area contributed by atoms with Gasteiger partial charge in [0.15, 0.2) is 0 Å². The van der Waals surface area contributed by atoms with Crippen LogP contribution >= 0.6 is 0 Å². The molecule has 1 aliphatic carbocycles. The Morgan fingerprint density at radius 1 is 1.67 bits per heavy atom. The smallest absolute Gasteiger partial charge is 0.143 e. The summed E-state index contributed by atoms with van der Waals surface area (Å²) in [6.07, 6.45) is 6.26. The molecule has 2 radical (unpaired) electrons. The molecule has 0 N–H and O–H groups in total. The monoisotopic (exact) mass is 118 g/mol. The van der Waals surface area contributed by atoms with Gasteiger partial charge in [-0.2, -0.15) is 0 Å². The summed E-state index contributed by atoms with van der Waals surface area (Å²) in [4.78, 5) is 3.92. The lowest BCUT2D eigenvalue weighted by atomic mass is 10.1. The molecule has 0 aliphatic heterocycles. The predicted molar refractivity (Wildman–Crippen MR) is 35.9 cm³/mol. The standard InChI is InChI=1S/C6H7BN2/c7-6-3-9(4-8-6)5-1-2-5/h3-5H,1-2H2. The highest BCUT2D eigenvalue weighted by Crippen LogP contribution is 2.33. The highest BCUT2D eigenvalue weighted by molar-refractivity contribution is 6.30. The molecule has 44 valence electrons. The molecule has 1 fully saturated rings. The van der Waals surface area contributed by atoms with Crippen molar-refractivity contribution in [3.05, 3.63) is 12.5 Å². The van der Waals surface area contributed by atoms with Gasteiger partial charge in [0.25, 0.3) is 0 Å². The van der Waals surface area contributed by atoms with Gasteiger partial charge >= 0.3 is 0 Å². The fourth-order valence-corrected chi connectivity index (χ4v) is 0.925. The number of imidazole rings is 1. The Balaban J connectivity index is 2.28. The molecule has 1 aromatic rings. The van der Waals surface area contributed by atoms with Crippen molar-refractivity contribution >= 4 is 13.4 Å². The summed E-state index contributed by atoms with van der Waals surface area (Å²) in [5, 5.41) is 0. The maximum atomic E-state index is 5.41. The van der Waals surface area contributed by atoms with E-state index >= 15 is 0 Å². The van der Waals surface area contributed by atoms with Crippen molar-refractivity contribution in [1.29, 1.82) is 0 Å². The van der Waals surface area contributed by atoms with Crippen LogP contribution in [0.3, 0.4) is 0 Å². The molecule has 9 heavy (non-hydrogen) atoms. The molecule has 0 atom stereocenters. The molecule has 0 bridgehead atoms. The van der Waals surface area contributed by atoms with Crippen LogP contribution in [0.5, 0.6) is 0 Å². The quantitative estimate of drug-likeness (QED) is 0.475. The first-order chi connectivity index (χ1) is 4.36. The normalized spacial score (nSPS) is 18.2. The van der Waals surface area contributed by atoms with E-state index in [-0.39, 0.29) is 0 Å². The van der Waals surface area contributed by atoms with E-state index in [1.807, 2.05) is 6.20 Å². The summed E-state index contributed by atoms with van der Waals surface area (Å²) in [7, 11) is 5.41. The van der Waals surface area contributed by atoms with E-state index in [1.54, 1.807) is 6.33 Å². The Hall–Kier alpha value is -0.725. The molecule has 1 heterocycles. The molecule has 0 saturated heterocycles. The third kappa shape index (κ3) is 0.868. The lowest BCUT2D eigenvalue weighted by Gasteiger charge is -1.92. The zero-order chi connectivity index (χ0) is 6.27. The van der Waals surface area contributed by atoms with Gasteiger partial charge in [0.2, 0.25) is 0 Å². The van der Waals surface area contributed by atoms with E-state index in [9.17, 15) is 0 Å². The second-order valence-electron chi connectivity index (χ2n) is 2.48. The predicted octanol–water partition coefficient (Wildman–Crippen LogP) is 0.0118. The molecule has 1 aromatic heterocycles. The zero-order valence-corrected chi connectivity index (χ0v) is 5.12. The summed E-state index contributed by atoms with van der Waals surface area (Å²) in [5.74, 6) is 0. The van der Waals surface area contributed by atoms with Crippen LogP contribution in [0.25, 0.3) is 0 Å². The number of rotatable bonds is 1. The molecule has 2 nitrogen and oxygen atoms in total. The Bertz CT molecular complexity index is 215. The maximum Gasteiger partial charge on any atom is 0.143 e. The van der Waals surface area contributed by atoms with E-state index in [1.165, 1.54) is 12.8 Å². The first kappa shape index (κ1) is 5.09. The Kier molecular flexibility index (Phi) is 0.919. The number of hydrogen-bond acceptors (Lipinski definition) is 1. The molecule has 3 heteroatoms. The van der Waals surface area contributed by atoms with Gasteiger partial charge in [-0.05, 0) is 12.8 Å². The van der Waals surface area contributed by atoms with Crippen LogP contribution in [0.15, 0.2) is 12.5 Å². The van der Waals surface area contributed by atoms with Gasteiger partial charge < -0.3 is 4.57 Å². The third-order valence-electron chi connectivity index (χ3n) is 1.59. The summed E-state index contributed by atoms with van der Waals surface area (Å²) < 4.78 is 2.08. The Morgan fingerprint density at radius 2 is 2.44 bits per heavy atom. The van der Waals surface area contributed by atoms with Crippen molar-refractivity contribution in [2.45, 2.75) is 18.9 Å². The van der Waals surface area contributed by atoms with Crippen molar-refractivity contribution in [2.75, 3.05) is 0 Å². The van der Waals surface area contributed by atoms with Crippen LogP contribution < -0.4 is 5.59 Å². The minimum absolute atomic E-state index is 0.627. The van der Waals surface area contributed by atoms with Gasteiger partial charge in [-0.15, -0.1) is 0 Å². The fraction of sp³-hybridized carbons (Fsp3) is 0.500. The Labute approximate surface area is 55.3 Å². The maximum absolute atomic E-state index is 5.41. The zero-order valence-electron chi connectivity index (χ0n) is 5.12. The van der Waals surface area contributed by atoms with Gasteiger partial charge in [-0.1, -0.05) is 0 Å². The van der Waals surface area contributed by atoms with Crippen LogP contribution in [-0.2, 0) is 0 Å². The second-order valence-corrected chi connectivity index (χ2v) is 2.48. The molecular formula is C6H7BN2. The highest BCUT2D eigenvalue weighted by Gasteiger charge is 2.22. The van der Waals surface area contributed by atoms with Gasteiger partial charge in [0.1, 0.15) is 7.85 Å². The highest BCUT2D eigenvalue weighted by atomic mass is 15.1. The van der Waals surface area contributed by atoms with E-state index < -0.39 is 0 Å².